The number of aliphatic imine (C=N–C) groups is 1. The minimum atomic E-state index is -2.96. The SMILES string of the molecule is FB(F)O/C(=C(/C=Nc1ccc(Cl)cc1)c1ccccc1)c1ccccc1. The lowest BCUT2D eigenvalue weighted by atomic mass is 10.0. The van der Waals surface area contributed by atoms with Crippen molar-refractivity contribution in [2.45, 2.75) is 0 Å². The second-order valence-corrected chi connectivity index (χ2v) is 6.02. The summed E-state index contributed by atoms with van der Waals surface area (Å²) >= 11 is 5.89. The zero-order valence-corrected chi connectivity index (χ0v) is 15.0. The fraction of sp³-hybridized carbons (Fsp3) is 0. The van der Waals surface area contributed by atoms with Gasteiger partial charge in [-0.3, -0.25) is 4.99 Å². The van der Waals surface area contributed by atoms with Gasteiger partial charge in [0, 0.05) is 22.4 Å². The maximum Gasteiger partial charge on any atom is 0.796 e. The summed E-state index contributed by atoms with van der Waals surface area (Å²) in [6, 6.07) is 24.9. The molecule has 0 aliphatic carbocycles. The van der Waals surface area contributed by atoms with E-state index in [0.29, 0.717) is 21.8 Å². The Labute approximate surface area is 162 Å². The Hall–Kier alpha value is -2.92. The number of halogens is 3. The maximum absolute atomic E-state index is 13.1. The number of benzene rings is 3. The van der Waals surface area contributed by atoms with Crippen molar-refractivity contribution in [3.8, 4) is 0 Å². The zero-order chi connectivity index (χ0) is 19.1. The van der Waals surface area contributed by atoms with Gasteiger partial charge in [-0.2, -0.15) is 0 Å². The highest BCUT2D eigenvalue weighted by Gasteiger charge is 2.23. The Bertz CT molecular complexity index is 929. The molecule has 0 fully saturated rings. The first-order valence-corrected chi connectivity index (χ1v) is 8.61. The van der Waals surface area contributed by atoms with Crippen LogP contribution in [0.15, 0.2) is 89.9 Å². The average molecular weight is 382 g/mol. The summed E-state index contributed by atoms with van der Waals surface area (Å²) < 4.78 is 31.2. The summed E-state index contributed by atoms with van der Waals surface area (Å²) in [6.45, 7) is 0. The van der Waals surface area contributed by atoms with Gasteiger partial charge in [0.15, 0.2) is 0 Å². The maximum atomic E-state index is 13.1. The smallest absolute Gasteiger partial charge is 0.504 e. The van der Waals surface area contributed by atoms with E-state index in [0.717, 1.165) is 5.56 Å². The van der Waals surface area contributed by atoms with Gasteiger partial charge in [-0.1, -0.05) is 72.3 Å². The molecule has 6 heteroatoms. The molecule has 0 spiro atoms. The van der Waals surface area contributed by atoms with Crippen molar-refractivity contribution in [2.75, 3.05) is 0 Å². The zero-order valence-electron chi connectivity index (χ0n) is 14.2. The van der Waals surface area contributed by atoms with Crippen molar-refractivity contribution >= 4 is 42.3 Å². The minimum Gasteiger partial charge on any atom is -0.504 e. The Morgan fingerprint density at radius 2 is 1.37 bits per heavy atom. The molecule has 0 saturated carbocycles. The van der Waals surface area contributed by atoms with Gasteiger partial charge >= 0.3 is 7.47 Å². The molecule has 0 N–H and O–H groups in total. The molecule has 0 unspecified atom stereocenters. The lowest BCUT2D eigenvalue weighted by molar-refractivity contribution is 0.398. The number of hydrogen-bond donors (Lipinski definition) is 0. The number of rotatable bonds is 6. The Balaban J connectivity index is 2.13. The molecule has 0 saturated heterocycles. The largest absolute Gasteiger partial charge is 0.796 e. The molecule has 0 aliphatic heterocycles. The summed E-state index contributed by atoms with van der Waals surface area (Å²) in [5.74, 6) is 0.0644. The van der Waals surface area contributed by atoms with Gasteiger partial charge in [0.2, 0.25) is 0 Å². The molecule has 0 atom stereocenters. The third-order valence-corrected chi connectivity index (χ3v) is 3.99. The van der Waals surface area contributed by atoms with E-state index < -0.39 is 7.47 Å². The Morgan fingerprint density at radius 3 is 1.93 bits per heavy atom. The summed E-state index contributed by atoms with van der Waals surface area (Å²) in [5, 5.41) is 0.596. The fourth-order valence-corrected chi connectivity index (χ4v) is 2.64. The third kappa shape index (κ3) is 5.28. The van der Waals surface area contributed by atoms with Gasteiger partial charge in [0.25, 0.3) is 0 Å². The van der Waals surface area contributed by atoms with Crippen LogP contribution in [-0.2, 0) is 4.65 Å². The van der Waals surface area contributed by atoms with E-state index in [1.165, 1.54) is 6.21 Å². The first-order chi connectivity index (χ1) is 13.1. The number of allylic oxidation sites excluding steroid dienone is 1. The van der Waals surface area contributed by atoms with E-state index in [2.05, 4.69) is 4.99 Å². The van der Waals surface area contributed by atoms with Crippen molar-refractivity contribution in [2.24, 2.45) is 4.99 Å². The third-order valence-electron chi connectivity index (χ3n) is 3.74. The molecule has 27 heavy (non-hydrogen) atoms. The number of hydrogen-bond acceptors (Lipinski definition) is 2. The van der Waals surface area contributed by atoms with E-state index in [4.69, 9.17) is 16.3 Å². The standard InChI is InChI=1S/C21H15BClF2NO/c23-18-11-13-19(14-12-18)26-15-20(16-7-3-1-4-8-16)21(27-22(24)25)17-9-5-2-6-10-17/h1-15H/b21-20-,26-15?. The van der Waals surface area contributed by atoms with E-state index in [9.17, 15) is 8.63 Å². The van der Waals surface area contributed by atoms with Crippen LogP contribution < -0.4 is 0 Å². The molecule has 134 valence electrons. The molecule has 3 aromatic carbocycles. The van der Waals surface area contributed by atoms with Crippen molar-refractivity contribution < 1.29 is 13.3 Å². The molecule has 3 rings (SSSR count). The summed E-state index contributed by atoms with van der Waals surface area (Å²) in [5.41, 5.74) is 2.36. The van der Waals surface area contributed by atoms with Gasteiger partial charge < -0.3 is 4.65 Å². The Morgan fingerprint density at radius 1 is 0.815 bits per heavy atom. The first-order valence-electron chi connectivity index (χ1n) is 8.23. The molecule has 0 aromatic heterocycles. The molecule has 0 amide bonds. The predicted molar refractivity (Wildman–Crippen MR) is 108 cm³/mol. The average Bonchev–Trinajstić information content (AvgIpc) is 2.70. The van der Waals surface area contributed by atoms with Crippen molar-refractivity contribution in [1.29, 1.82) is 0 Å². The van der Waals surface area contributed by atoms with Gasteiger partial charge in [-0.15, -0.1) is 0 Å². The van der Waals surface area contributed by atoms with Gasteiger partial charge in [-0.05, 0) is 29.8 Å². The van der Waals surface area contributed by atoms with E-state index >= 15 is 0 Å². The van der Waals surface area contributed by atoms with Crippen LogP contribution in [0.2, 0.25) is 5.02 Å². The second kappa shape index (κ2) is 9.15. The van der Waals surface area contributed by atoms with Crippen LogP contribution in [0.4, 0.5) is 14.3 Å². The highest BCUT2D eigenvalue weighted by molar-refractivity contribution is 6.37. The second-order valence-electron chi connectivity index (χ2n) is 5.59. The summed E-state index contributed by atoms with van der Waals surface area (Å²) in [6.07, 6.45) is 1.53. The fourth-order valence-electron chi connectivity index (χ4n) is 2.51. The highest BCUT2D eigenvalue weighted by Crippen LogP contribution is 2.28. The molecule has 0 heterocycles. The lowest BCUT2D eigenvalue weighted by Crippen LogP contribution is -2.07. The van der Waals surface area contributed by atoms with Gasteiger partial charge in [-0.25, -0.2) is 8.63 Å². The van der Waals surface area contributed by atoms with Crippen LogP contribution in [-0.4, -0.2) is 13.7 Å². The molecule has 0 radical (unpaired) electrons. The van der Waals surface area contributed by atoms with Crippen LogP contribution in [0.3, 0.4) is 0 Å². The van der Waals surface area contributed by atoms with Crippen LogP contribution in [0, 0.1) is 0 Å². The highest BCUT2D eigenvalue weighted by atomic mass is 35.5. The molecule has 0 aliphatic rings. The van der Waals surface area contributed by atoms with Crippen molar-refractivity contribution in [1.82, 2.24) is 0 Å². The topological polar surface area (TPSA) is 21.6 Å². The molecule has 0 bridgehead atoms. The molecule has 3 aromatic rings. The van der Waals surface area contributed by atoms with Gasteiger partial charge in [0.1, 0.15) is 5.76 Å². The number of nitrogens with zero attached hydrogens (tertiary/aromatic N) is 1. The normalized spacial score (nSPS) is 12.0. The van der Waals surface area contributed by atoms with Crippen LogP contribution >= 0.6 is 11.6 Å². The quantitative estimate of drug-likeness (QED) is 0.205. The van der Waals surface area contributed by atoms with E-state index in [-0.39, 0.29) is 5.76 Å². The van der Waals surface area contributed by atoms with Crippen molar-refractivity contribution in [3.63, 3.8) is 0 Å². The molecule has 2 nitrogen and oxygen atoms in total. The molecular formula is C21H15BClF2NO. The minimum absolute atomic E-state index is 0.0644. The van der Waals surface area contributed by atoms with Crippen LogP contribution in [0.5, 0.6) is 0 Å². The molecular weight excluding hydrogens is 366 g/mol. The monoisotopic (exact) mass is 381 g/mol. The summed E-state index contributed by atoms with van der Waals surface area (Å²) in [7, 11) is -2.96. The van der Waals surface area contributed by atoms with E-state index in [1.807, 2.05) is 36.4 Å². The van der Waals surface area contributed by atoms with Crippen LogP contribution in [0.25, 0.3) is 11.3 Å². The van der Waals surface area contributed by atoms with Gasteiger partial charge in [0.05, 0.1) is 5.69 Å². The van der Waals surface area contributed by atoms with E-state index in [1.54, 1.807) is 48.5 Å². The predicted octanol–water partition coefficient (Wildman–Crippen LogP) is 6.55. The van der Waals surface area contributed by atoms with Crippen LogP contribution in [0.1, 0.15) is 11.1 Å². The first kappa shape index (κ1) is 18.9. The Kier molecular flexibility index (Phi) is 6.39. The lowest BCUT2D eigenvalue weighted by Gasteiger charge is -2.14. The summed E-state index contributed by atoms with van der Waals surface area (Å²) in [4.78, 5) is 4.41. The van der Waals surface area contributed by atoms with Crippen molar-refractivity contribution in [3.05, 3.63) is 101 Å².